The van der Waals surface area contributed by atoms with Gasteiger partial charge in [-0.05, 0) is 34.1 Å². The van der Waals surface area contributed by atoms with E-state index < -0.39 is 10.9 Å². The summed E-state index contributed by atoms with van der Waals surface area (Å²) in [6, 6.07) is 4.00. The Hall–Kier alpha value is 0.1000. The second-order valence-corrected chi connectivity index (χ2v) is 4.51. The van der Waals surface area contributed by atoms with Crippen LogP contribution in [-0.4, -0.2) is 9.94 Å². The van der Waals surface area contributed by atoms with E-state index in [0.29, 0.717) is 0 Å². The van der Waals surface area contributed by atoms with E-state index in [9.17, 15) is 13.9 Å². The summed E-state index contributed by atoms with van der Waals surface area (Å²) in [5.74, 6) is 0. The summed E-state index contributed by atoms with van der Waals surface area (Å²) in [6.07, 6.45) is -2.02. The van der Waals surface area contributed by atoms with E-state index in [4.69, 9.17) is 23.2 Å². The molecule has 1 aromatic rings. The molecule has 0 aliphatic rings. The molecule has 1 aromatic carbocycles. The van der Waals surface area contributed by atoms with Crippen molar-refractivity contribution < 1.29 is 13.9 Å². The first-order valence-corrected chi connectivity index (χ1v) is 5.07. The lowest BCUT2D eigenvalue weighted by molar-refractivity contribution is -0.0294. The van der Waals surface area contributed by atoms with Crippen molar-refractivity contribution in [1.82, 2.24) is 0 Å². The molecule has 0 radical (unpaired) electrons. The molecular weight excluding hydrogens is 301 g/mol. The van der Waals surface area contributed by atoms with Crippen molar-refractivity contribution in [2.45, 2.75) is 10.9 Å². The summed E-state index contributed by atoms with van der Waals surface area (Å²) in [5.41, 5.74) is -0.110. The maximum Gasteiger partial charge on any atom is 0.330 e. The van der Waals surface area contributed by atoms with Gasteiger partial charge in [-0.25, -0.2) is 0 Å². The van der Waals surface area contributed by atoms with Crippen LogP contribution in [0.2, 0.25) is 10.0 Å². The maximum atomic E-state index is 12.7. The van der Waals surface area contributed by atoms with Gasteiger partial charge in [0, 0.05) is 15.6 Å². The Morgan fingerprint density at radius 3 is 2.43 bits per heavy atom. The zero-order valence-corrected chi connectivity index (χ0v) is 9.74. The lowest BCUT2D eigenvalue weighted by atomic mass is 10.1. The van der Waals surface area contributed by atoms with Gasteiger partial charge < -0.3 is 5.11 Å². The topological polar surface area (TPSA) is 20.2 Å². The monoisotopic (exact) mass is 304 g/mol. The van der Waals surface area contributed by atoms with E-state index in [1.54, 1.807) is 0 Å². The van der Waals surface area contributed by atoms with Gasteiger partial charge in [0.05, 0.1) is 0 Å². The van der Waals surface area contributed by atoms with Crippen molar-refractivity contribution in [3.63, 3.8) is 0 Å². The molecule has 1 rings (SSSR count). The van der Waals surface area contributed by atoms with Gasteiger partial charge in [0.15, 0.2) is 6.10 Å². The molecule has 0 bridgehead atoms. The van der Waals surface area contributed by atoms with Gasteiger partial charge in [0.1, 0.15) is 0 Å². The summed E-state index contributed by atoms with van der Waals surface area (Å²) in [4.78, 5) is -3.43. The van der Waals surface area contributed by atoms with Crippen LogP contribution in [0.5, 0.6) is 0 Å². The largest absolute Gasteiger partial charge is 0.381 e. The van der Waals surface area contributed by atoms with E-state index >= 15 is 0 Å². The third-order valence-electron chi connectivity index (χ3n) is 1.56. The van der Waals surface area contributed by atoms with Crippen molar-refractivity contribution >= 4 is 39.1 Å². The Bertz CT molecular complexity index is 341. The predicted molar refractivity (Wildman–Crippen MR) is 55.3 cm³/mol. The molecule has 0 aliphatic heterocycles. The fourth-order valence-corrected chi connectivity index (χ4v) is 1.55. The van der Waals surface area contributed by atoms with Gasteiger partial charge in [-0.15, -0.1) is 0 Å². The Kier molecular flexibility index (Phi) is 3.75. The first-order valence-electron chi connectivity index (χ1n) is 3.52. The van der Waals surface area contributed by atoms with Gasteiger partial charge >= 0.3 is 4.83 Å². The fraction of sp³-hybridized carbons (Fsp3) is 0.250. The van der Waals surface area contributed by atoms with Crippen LogP contribution in [0.1, 0.15) is 11.7 Å². The van der Waals surface area contributed by atoms with Crippen LogP contribution in [0.4, 0.5) is 8.78 Å². The Balaban J connectivity index is 3.12. The third-order valence-corrected chi connectivity index (χ3v) is 2.58. The van der Waals surface area contributed by atoms with E-state index in [-0.39, 0.29) is 15.6 Å². The SMILES string of the molecule is OC(c1cc(Cl)ccc1Cl)C(F)(F)Br. The predicted octanol–water partition coefficient (Wildman–Crippen LogP) is 4.01. The molecule has 0 saturated carbocycles. The zero-order chi connectivity index (χ0) is 10.9. The van der Waals surface area contributed by atoms with Crippen molar-refractivity contribution in [1.29, 1.82) is 0 Å². The van der Waals surface area contributed by atoms with Crippen molar-refractivity contribution in [2.75, 3.05) is 0 Å². The number of rotatable bonds is 2. The molecule has 1 nitrogen and oxygen atoms in total. The zero-order valence-electron chi connectivity index (χ0n) is 6.65. The van der Waals surface area contributed by atoms with E-state index in [1.165, 1.54) is 18.2 Å². The second kappa shape index (κ2) is 4.31. The highest BCUT2D eigenvalue weighted by Gasteiger charge is 2.37. The molecule has 14 heavy (non-hydrogen) atoms. The molecule has 78 valence electrons. The average molecular weight is 306 g/mol. The molecule has 0 spiro atoms. The smallest absolute Gasteiger partial charge is 0.330 e. The first kappa shape index (κ1) is 12.2. The Labute approximate surface area is 97.8 Å². The molecule has 0 fully saturated rings. The number of alkyl halides is 3. The van der Waals surface area contributed by atoms with Crippen LogP contribution >= 0.6 is 39.1 Å². The van der Waals surface area contributed by atoms with Gasteiger partial charge in [0.2, 0.25) is 0 Å². The van der Waals surface area contributed by atoms with Crippen LogP contribution in [-0.2, 0) is 0 Å². The minimum absolute atomic E-state index is 0.0426. The highest BCUT2D eigenvalue weighted by Crippen LogP contribution is 2.39. The fourth-order valence-electron chi connectivity index (χ4n) is 0.900. The van der Waals surface area contributed by atoms with Crippen LogP contribution in [0.3, 0.4) is 0 Å². The Morgan fingerprint density at radius 2 is 1.93 bits per heavy atom. The van der Waals surface area contributed by atoms with Crippen molar-refractivity contribution in [2.24, 2.45) is 0 Å². The third kappa shape index (κ3) is 2.79. The average Bonchev–Trinajstić information content (AvgIpc) is 2.06. The van der Waals surface area contributed by atoms with Gasteiger partial charge in [-0.3, -0.25) is 0 Å². The normalized spacial score (nSPS) is 14.1. The van der Waals surface area contributed by atoms with Gasteiger partial charge in [0.25, 0.3) is 0 Å². The van der Waals surface area contributed by atoms with Gasteiger partial charge in [-0.1, -0.05) is 23.2 Å². The number of halogens is 5. The molecule has 1 unspecified atom stereocenters. The van der Waals surface area contributed by atoms with Crippen LogP contribution in [0, 0.1) is 0 Å². The summed E-state index contributed by atoms with van der Waals surface area (Å²) >= 11 is 13.3. The number of benzene rings is 1. The highest BCUT2D eigenvalue weighted by atomic mass is 79.9. The minimum atomic E-state index is -3.43. The van der Waals surface area contributed by atoms with Crippen LogP contribution in [0.25, 0.3) is 0 Å². The molecule has 0 aliphatic carbocycles. The van der Waals surface area contributed by atoms with Gasteiger partial charge in [-0.2, -0.15) is 8.78 Å². The number of hydrogen-bond acceptors (Lipinski definition) is 1. The highest BCUT2D eigenvalue weighted by molar-refractivity contribution is 9.10. The first-order chi connectivity index (χ1) is 6.32. The minimum Gasteiger partial charge on any atom is -0.381 e. The maximum absolute atomic E-state index is 12.7. The molecule has 6 heteroatoms. The lowest BCUT2D eigenvalue weighted by Crippen LogP contribution is -2.18. The van der Waals surface area contributed by atoms with E-state index in [0.717, 1.165) is 0 Å². The molecule has 0 amide bonds. The summed E-state index contributed by atoms with van der Waals surface area (Å²) in [6.45, 7) is 0. The molecule has 1 N–H and O–H groups in total. The number of aliphatic hydroxyl groups excluding tert-OH is 1. The molecular formula is C8H5BrCl2F2O. The van der Waals surface area contributed by atoms with E-state index in [2.05, 4.69) is 15.9 Å². The standard InChI is InChI=1S/C8H5BrCl2F2O/c9-8(12,13)7(14)5-3-4(10)1-2-6(5)11/h1-3,7,14H. The number of hydrogen-bond donors (Lipinski definition) is 1. The molecule has 0 saturated heterocycles. The Morgan fingerprint density at radius 1 is 1.36 bits per heavy atom. The van der Waals surface area contributed by atoms with Crippen molar-refractivity contribution in [3.05, 3.63) is 33.8 Å². The summed E-state index contributed by atoms with van der Waals surface area (Å²) < 4.78 is 25.4. The molecule has 0 aromatic heterocycles. The molecule has 1 atom stereocenters. The second-order valence-electron chi connectivity index (χ2n) is 2.61. The van der Waals surface area contributed by atoms with Crippen LogP contribution < -0.4 is 0 Å². The molecule has 0 heterocycles. The quantitative estimate of drug-likeness (QED) is 0.818. The van der Waals surface area contributed by atoms with Crippen LogP contribution in [0.15, 0.2) is 18.2 Å². The summed E-state index contributed by atoms with van der Waals surface area (Å²) in [7, 11) is 0. The van der Waals surface area contributed by atoms with E-state index in [1.807, 2.05) is 0 Å². The summed E-state index contributed by atoms with van der Waals surface area (Å²) in [5, 5.41) is 9.50. The number of aliphatic hydroxyl groups is 1. The van der Waals surface area contributed by atoms with Crippen molar-refractivity contribution in [3.8, 4) is 0 Å². The lowest BCUT2D eigenvalue weighted by Gasteiger charge is -2.17.